The minimum Gasteiger partial charge on any atom is -0.423 e. The number of benzene rings is 3. The lowest BCUT2D eigenvalue weighted by Gasteiger charge is -2.05. The van der Waals surface area contributed by atoms with E-state index in [1.54, 1.807) is 12.1 Å². The molecule has 0 saturated carbocycles. The number of nitrogens with zero attached hydrogens (tertiary/aromatic N) is 3. The topological polar surface area (TPSA) is 197 Å². The van der Waals surface area contributed by atoms with Gasteiger partial charge < -0.3 is 4.74 Å². The molecule has 3 N–H and O–H groups in total. The first-order chi connectivity index (χ1) is 16.0. The number of non-ortho nitro benzene ring substituents is 1. The molecule has 174 valence electrons. The highest BCUT2D eigenvalue weighted by Crippen LogP contribution is 2.27. The Morgan fingerprint density at radius 3 is 2.32 bits per heavy atom. The zero-order valence-corrected chi connectivity index (χ0v) is 17.8. The van der Waals surface area contributed by atoms with Crippen molar-refractivity contribution in [3.8, 4) is 5.75 Å². The first kappa shape index (κ1) is 24.0. The molecule has 14 heteroatoms. The predicted octanol–water partition coefficient (Wildman–Crippen LogP) is 2.82. The first-order valence-electron chi connectivity index (χ1n) is 9.21. The number of primary sulfonamides is 1. The number of carbonyl (C=O) groups is 1. The van der Waals surface area contributed by atoms with Crippen molar-refractivity contribution in [1.29, 1.82) is 0 Å². The quantitative estimate of drug-likeness (QED) is 0.158. The van der Waals surface area contributed by atoms with Gasteiger partial charge in [0.25, 0.3) is 11.4 Å². The van der Waals surface area contributed by atoms with E-state index in [9.17, 15) is 33.4 Å². The Hall–Kier alpha value is -4.69. The maximum absolute atomic E-state index is 12.2. The highest BCUT2D eigenvalue weighted by molar-refractivity contribution is 7.89. The monoisotopic (exact) mass is 485 g/mol. The van der Waals surface area contributed by atoms with Crippen LogP contribution in [0.1, 0.15) is 15.9 Å². The lowest BCUT2D eigenvalue weighted by molar-refractivity contribution is -0.384. The average Bonchev–Trinajstić information content (AvgIpc) is 2.79. The van der Waals surface area contributed by atoms with E-state index in [0.29, 0.717) is 5.56 Å². The van der Waals surface area contributed by atoms with Crippen LogP contribution in [0.25, 0.3) is 0 Å². The zero-order valence-electron chi connectivity index (χ0n) is 17.0. The van der Waals surface area contributed by atoms with Crippen LogP contribution in [0.5, 0.6) is 5.75 Å². The summed E-state index contributed by atoms with van der Waals surface area (Å²) in [5.74, 6) is -0.599. The van der Waals surface area contributed by atoms with E-state index in [0.717, 1.165) is 24.3 Å². The lowest BCUT2D eigenvalue weighted by atomic mass is 10.2. The molecule has 0 aliphatic carbocycles. The van der Waals surface area contributed by atoms with Crippen molar-refractivity contribution in [1.82, 2.24) is 0 Å². The number of esters is 1. The normalized spacial score (nSPS) is 11.2. The number of anilines is 1. The van der Waals surface area contributed by atoms with Gasteiger partial charge in [-0.3, -0.25) is 25.7 Å². The van der Waals surface area contributed by atoms with Crippen molar-refractivity contribution < 1.29 is 27.8 Å². The van der Waals surface area contributed by atoms with Crippen molar-refractivity contribution in [2.24, 2.45) is 10.2 Å². The number of carbonyl (C=O) groups excluding carboxylic acids is 1. The Labute approximate surface area is 191 Å². The first-order valence-corrected chi connectivity index (χ1v) is 10.8. The van der Waals surface area contributed by atoms with Gasteiger partial charge >= 0.3 is 5.97 Å². The molecule has 0 bridgehead atoms. The second-order valence-corrected chi connectivity index (χ2v) is 8.18. The molecule has 0 aliphatic heterocycles. The molecule has 0 aromatic heterocycles. The summed E-state index contributed by atoms with van der Waals surface area (Å²) in [5.41, 5.74) is 2.17. The highest BCUT2D eigenvalue weighted by Gasteiger charge is 2.19. The van der Waals surface area contributed by atoms with E-state index in [4.69, 9.17) is 9.88 Å². The smallest absolute Gasteiger partial charge is 0.343 e. The van der Waals surface area contributed by atoms with Crippen LogP contribution < -0.4 is 15.3 Å². The summed E-state index contributed by atoms with van der Waals surface area (Å²) in [4.78, 5) is 32.4. The van der Waals surface area contributed by atoms with Crippen LogP contribution in [0, 0.1) is 20.2 Å². The van der Waals surface area contributed by atoms with E-state index in [2.05, 4.69) is 10.5 Å². The second kappa shape index (κ2) is 9.85. The Morgan fingerprint density at radius 2 is 1.71 bits per heavy atom. The van der Waals surface area contributed by atoms with Crippen molar-refractivity contribution in [3.05, 3.63) is 98.1 Å². The fourth-order valence-electron chi connectivity index (χ4n) is 2.64. The van der Waals surface area contributed by atoms with Crippen molar-refractivity contribution in [2.75, 3.05) is 5.43 Å². The molecule has 0 atom stereocenters. The number of nitro benzene ring substituents is 2. The Balaban J connectivity index is 1.68. The van der Waals surface area contributed by atoms with E-state index in [-0.39, 0.29) is 22.7 Å². The van der Waals surface area contributed by atoms with Crippen molar-refractivity contribution in [2.45, 2.75) is 4.90 Å². The van der Waals surface area contributed by atoms with Crippen LogP contribution >= 0.6 is 0 Å². The van der Waals surface area contributed by atoms with Gasteiger partial charge in [-0.2, -0.15) is 5.10 Å². The van der Waals surface area contributed by atoms with Crippen LogP contribution in [-0.4, -0.2) is 30.4 Å². The van der Waals surface area contributed by atoms with Gasteiger partial charge in [0, 0.05) is 18.2 Å². The molecule has 0 spiro atoms. The van der Waals surface area contributed by atoms with Crippen molar-refractivity contribution in [3.63, 3.8) is 0 Å². The summed E-state index contributed by atoms with van der Waals surface area (Å²) in [5, 5.41) is 30.9. The molecule has 3 aromatic carbocycles. The van der Waals surface area contributed by atoms with Gasteiger partial charge in [-0.25, -0.2) is 18.4 Å². The van der Waals surface area contributed by atoms with Gasteiger partial charge in [0.1, 0.15) is 11.4 Å². The Kier molecular flexibility index (Phi) is 6.94. The summed E-state index contributed by atoms with van der Waals surface area (Å²) in [6.07, 6.45) is 1.32. The fraction of sp³-hybridized carbons (Fsp3) is 0. The van der Waals surface area contributed by atoms with E-state index in [1.807, 2.05) is 0 Å². The maximum atomic E-state index is 12.2. The summed E-state index contributed by atoms with van der Waals surface area (Å²) in [6.45, 7) is 0. The summed E-state index contributed by atoms with van der Waals surface area (Å²) < 4.78 is 28.0. The SMILES string of the molecule is NS(=O)(=O)c1ccc(NN=Cc2ccc(OC(=O)c3cccc([N+](=O)[O-])c3)cc2)c([N+](=O)[O-])c1. The van der Waals surface area contributed by atoms with Crippen LogP contribution in [0.15, 0.2) is 76.7 Å². The molecule has 0 aliphatic rings. The van der Waals surface area contributed by atoms with Gasteiger partial charge in [-0.1, -0.05) is 6.07 Å². The Bertz CT molecular complexity index is 1400. The molecule has 0 radical (unpaired) electrons. The number of hydrogen-bond acceptors (Lipinski definition) is 10. The molecule has 0 saturated heterocycles. The minimum atomic E-state index is -4.11. The molecule has 0 fully saturated rings. The number of nitrogens with one attached hydrogen (secondary N) is 1. The van der Waals surface area contributed by atoms with E-state index >= 15 is 0 Å². The van der Waals surface area contributed by atoms with E-state index in [1.165, 1.54) is 36.5 Å². The third kappa shape index (κ3) is 5.96. The predicted molar refractivity (Wildman–Crippen MR) is 120 cm³/mol. The third-order valence-corrected chi connectivity index (χ3v) is 5.19. The van der Waals surface area contributed by atoms with Crippen LogP contribution in [-0.2, 0) is 10.0 Å². The number of ether oxygens (including phenoxy) is 1. The maximum Gasteiger partial charge on any atom is 0.343 e. The minimum absolute atomic E-state index is 0.0130. The van der Waals surface area contributed by atoms with Crippen LogP contribution in [0.2, 0.25) is 0 Å². The third-order valence-electron chi connectivity index (χ3n) is 4.28. The second-order valence-electron chi connectivity index (χ2n) is 6.62. The number of hydrazone groups is 1. The summed E-state index contributed by atoms with van der Waals surface area (Å²) in [6, 6.07) is 14.2. The zero-order chi connectivity index (χ0) is 24.9. The van der Waals surface area contributed by atoms with E-state index < -0.39 is 36.4 Å². The number of nitro groups is 2. The number of nitrogens with two attached hydrogens (primary N) is 1. The number of hydrogen-bond donors (Lipinski definition) is 2. The average molecular weight is 485 g/mol. The molecular weight excluding hydrogens is 470 g/mol. The Morgan fingerprint density at radius 1 is 1.00 bits per heavy atom. The number of sulfonamides is 1. The van der Waals surface area contributed by atoms with Crippen molar-refractivity contribution >= 4 is 39.3 Å². The van der Waals surface area contributed by atoms with Crippen LogP contribution in [0.3, 0.4) is 0 Å². The molecule has 3 aromatic rings. The van der Waals surface area contributed by atoms with Gasteiger partial charge in [-0.05, 0) is 48.0 Å². The molecule has 3 rings (SSSR count). The van der Waals surface area contributed by atoms with Gasteiger partial charge in [0.2, 0.25) is 10.0 Å². The van der Waals surface area contributed by atoms with Crippen LogP contribution in [0.4, 0.5) is 17.1 Å². The standard InChI is InChI=1S/C20H15N5O8S/c21-34(31,32)17-8-9-18(19(11-17)25(29)30)23-22-12-13-4-6-16(7-5-13)33-20(26)14-2-1-3-15(10-14)24(27)28/h1-12,23H,(H2,21,31,32). The van der Waals surface area contributed by atoms with Gasteiger partial charge in [-0.15, -0.1) is 0 Å². The molecule has 34 heavy (non-hydrogen) atoms. The van der Waals surface area contributed by atoms with Gasteiger partial charge in [0.05, 0.1) is 26.5 Å². The molecular formula is C20H15N5O8S. The highest BCUT2D eigenvalue weighted by atomic mass is 32.2. The number of rotatable bonds is 8. The largest absolute Gasteiger partial charge is 0.423 e. The molecule has 13 nitrogen and oxygen atoms in total. The molecule has 0 unspecified atom stereocenters. The summed E-state index contributed by atoms with van der Waals surface area (Å²) in [7, 11) is -4.11. The molecule has 0 heterocycles. The summed E-state index contributed by atoms with van der Waals surface area (Å²) >= 11 is 0. The van der Waals surface area contributed by atoms with Gasteiger partial charge in [0.15, 0.2) is 0 Å². The lowest BCUT2D eigenvalue weighted by Crippen LogP contribution is -2.12. The fourth-order valence-corrected chi connectivity index (χ4v) is 3.18. The molecule has 0 amide bonds.